The summed E-state index contributed by atoms with van der Waals surface area (Å²) in [7, 11) is 0. The highest BCUT2D eigenvalue weighted by atomic mass is 35.5. The van der Waals surface area contributed by atoms with E-state index in [1.165, 1.54) is 30.0 Å². The Hall–Kier alpha value is -4.35. The van der Waals surface area contributed by atoms with Gasteiger partial charge < -0.3 is 26.0 Å². The fraction of sp³-hybridized carbons (Fsp3) is 0.0800. The molecule has 0 aromatic heterocycles. The zero-order chi connectivity index (χ0) is 27.3. The Morgan fingerprint density at radius 2 is 1.43 bits per heavy atom. The van der Waals surface area contributed by atoms with E-state index in [0.29, 0.717) is 10.6 Å². The maximum absolute atomic E-state index is 12.7. The number of hydrogen-bond donors (Lipinski definition) is 5. The lowest BCUT2D eigenvalue weighted by Crippen LogP contribution is -2.22. The van der Waals surface area contributed by atoms with Gasteiger partial charge in [0.05, 0.1) is 32.5 Å². The first-order valence-electron chi connectivity index (χ1n) is 10.5. The molecule has 1 atom stereocenters. The number of hydrogen-bond acceptors (Lipinski definition) is 6. The summed E-state index contributed by atoms with van der Waals surface area (Å²) in [5.41, 5.74) is -0.494. The minimum Gasteiger partial charge on any atom is -0.478 e. The standard InChI is InChI=1S/C25H19ClN2O8S/c1-12(21(29)27-15-6-8-20(26)19(11-15)25(35)36)37-16-4-2-3-14(10-16)28-22(30)17-7-5-13(23(31)32)9-18(17)24(33)34/h2-12H,1H3,(H,27,29)(H,28,30)(H,31,32)(H,33,34)(H,35,36). The summed E-state index contributed by atoms with van der Waals surface area (Å²) in [6, 6.07) is 13.8. The average Bonchev–Trinajstić information content (AvgIpc) is 2.84. The van der Waals surface area contributed by atoms with Gasteiger partial charge in [-0.2, -0.15) is 0 Å². The first-order valence-corrected chi connectivity index (χ1v) is 11.7. The van der Waals surface area contributed by atoms with Gasteiger partial charge >= 0.3 is 17.9 Å². The van der Waals surface area contributed by atoms with Gasteiger partial charge in [-0.3, -0.25) is 9.59 Å². The molecule has 0 saturated carbocycles. The highest BCUT2D eigenvalue weighted by Crippen LogP contribution is 2.28. The Morgan fingerprint density at radius 1 is 0.757 bits per heavy atom. The number of carbonyl (C=O) groups is 5. The number of carboxylic acid groups (broad SMARTS) is 3. The average molecular weight is 543 g/mol. The number of halogens is 1. The third kappa shape index (κ3) is 6.87. The molecule has 0 heterocycles. The molecule has 0 fully saturated rings. The summed E-state index contributed by atoms with van der Waals surface area (Å²) in [4.78, 5) is 59.9. The molecule has 0 saturated heterocycles. The number of amides is 2. The highest BCUT2D eigenvalue weighted by Gasteiger charge is 2.20. The number of aromatic carboxylic acids is 3. The van der Waals surface area contributed by atoms with Crippen LogP contribution in [-0.2, 0) is 4.79 Å². The quantitative estimate of drug-likeness (QED) is 0.238. The second-order valence-corrected chi connectivity index (χ2v) is 9.42. The molecule has 3 rings (SSSR count). The summed E-state index contributed by atoms with van der Waals surface area (Å²) in [6.45, 7) is 1.64. The van der Waals surface area contributed by atoms with E-state index in [4.69, 9.17) is 16.7 Å². The van der Waals surface area contributed by atoms with Crippen molar-refractivity contribution >= 4 is 64.5 Å². The van der Waals surface area contributed by atoms with E-state index in [0.717, 1.165) is 18.2 Å². The van der Waals surface area contributed by atoms with Crippen LogP contribution in [0.5, 0.6) is 0 Å². The number of thioether (sulfide) groups is 1. The van der Waals surface area contributed by atoms with Crippen LogP contribution in [0.4, 0.5) is 11.4 Å². The maximum Gasteiger partial charge on any atom is 0.337 e. The van der Waals surface area contributed by atoms with Crippen LogP contribution in [0, 0.1) is 0 Å². The highest BCUT2D eigenvalue weighted by molar-refractivity contribution is 8.00. The summed E-state index contributed by atoms with van der Waals surface area (Å²) < 4.78 is 0. The van der Waals surface area contributed by atoms with E-state index in [2.05, 4.69) is 10.6 Å². The van der Waals surface area contributed by atoms with E-state index >= 15 is 0 Å². The largest absolute Gasteiger partial charge is 0.478 e. The van der Waals surface area contributed by atoms with E-state index in [9.17, 15) is 34.2 Å². The number of carbonyl (C=O) groups excluding carboxylic acids is 2. The van der Waals surface area contributed by atoms with Gasteiger partial charge in [-0.1, -0.05) is 17.7 Å². The Labute approximate surface area is 219 Å². The Balaban J connectivity index is 1.71. The lowest BCUT2D eigenvalue weighted by Gasteiger charge is -2.14. The third-order valence-electron chi connectivity index (χ3n) is 4.98. The summed E-state index contributed by atoms with van der Waals surface area (Å²) >= 11 is 7.02. The van der Waals surface area contributed by atoms with Gasteiger partial charge in [0.15, 0.2) is 0 Å². The van der Waals surface area contributed by atoms with Gasteiger partial charge in [-0.05, 0) is 61.5 Å². The van der Waals surface area contributed by atoms with Gasteiger partial charge in [0.2, 0.25) is 5.91 Å². The molecule has 0 aliphatic carbocycles. The van der Waals surface area contributed by atoms with Crippen molar-refractivity contribution in [2.75, 3.05) is 10.6 Å². The molecule has 3 aromatic carbocycles. The molecular weight excluding hydrogens is 524 g/mol. The van der Waals surface area contributed by atoms with Crippen LogP contribution in [0.1, 0.15) is 48.4 Å². The van der Waals surface area contributed by atoms with Gasteiger partial charge in [0.1, 0.15) is 0 Å². The SMILES string of the molecule is CC(Sc1cccc(NC(=O)c2ccc(C(=O)O)cc2C(=O)O)c1)C(=O)Nc1ccc(Cl)c(C(=O)O)c1. The fourth-order valence-corrected chi connectivity index (χ4v) is 4.29. The molecule has 5 N–H and O–H groups in total. The van der Waals surface area contributed by atoms with Crippen molar-refractivity contribution in [3.63, 3.8) is 0 Å². The Morgan fingerprint density at radius 3 is 2.08 bits per heavy atom. The number of carboxylic acids is 3. The maximum atomic E-state index is 12.7. The van der Waals surface area contributed by atoms with E-state index < -0.39 is 40.5 Å². The molecule has 0 aliphatic rings. The Bertz CT molecular complexity index is 1430. The van der Waals surface area contributed by atoms with E-state index in [-0.39, 0.29) is 27.4 Å². The van der Waals surface area contributed by atoms with Crippen molar-refractivity contribution in [3.05, 3.63) is 87.9 Å². The topological polar surface area (TPSA) is 170 Å². The molecule has 12 heteroatoms. The van der Waals surface area contributed by atoms with Gasteiger partial charge in [-0.25, -0.2) is 14.4 Å². The van der Waals surface area contributed by atoms with Crippen LogP contribution in [0.2, 0.25) is 5.02 Å². The van der Waals surface area contributed by atoms with E-state index in [1.807, 2.05) is 0 Å². The summed E-state index contributed by atoms with van der Waals surface area (Å²) in [5.74, 6) is -5.15. The Kier molecular flexibility index (Phi) is 8.53. The van der Waals surface area contributed by atoms with Crippen molar-refractivity contribution in [1.82, 2.24) is 0 Å². The number of nitrogens with one attached hydrogen (secondary N) is 2. The molecule has 37 heavy (non-hydrogen) atoms. The normalized spacial score (nSPS) is 11.3. The first kappa shape index (κ1) is 27.2. The molecule has 1 unspecified atom stereocenters. The second kappa shape index (κ2) is 11.6. The van der Waals surface area contributed by atoms with Crippen molar-refractivity contribution in [3.8, 4) is 0 Å². The minimum atomic E-state index is -1.45. The molecule has 10 nitrogen and oxygen atoms in total. The minimum absolute atomic E-state index is 0.0417. The van der Waals surface area contributed by atoms with E-state index in [1.54, 1.807) is 31.2 Å². The second-order valence-electron chi connectivity index (χ2n) is 7.60. The third-order valence-corrected chi connectivity index (χ3v) is 6.40. The predicted molar refractivity (Wildman–Crippen MR) is 137 cm³/mol. The molecular formula is C25H19ClN2O8S. The van der Waals surface area contributed by atoms with Crippen LogP contribution in [0.3, 0.4) is 0 Å². The lowest BCUT2D eigenvalue weighted by molar-refractivity contribution is -0.115. The van der Waals surface area contributed by atoms with Crippen LogP contribution in [0.25, 0.3) is 0 Å². The smallest absolute Gasteiger partial charge is 0.337 e. The van der Waals surface area contributed by atoms with Crippen LogP contribution < -0.4 is 10.6 Å². The predicted octanol–water partition coefficient (Wildman–Crippen LogP) is 4.81. The van der Waals surface area contributed by atoms with Crippen molar-refractivity contribution in [1.29, 1.82) is 0 Å². The number of anilines is 2. The molecule has 0 radical (unpaired) electrons. The summed E-state index contributed by atoms with van der Waals surface area (Å²) in [6.07, 6.45) is 0. The number of benzene rings is 3. The van der Waals surface area contributed by atoms with Gasteiger partial charge in [0.25, 0.3) is 5.91 Å². The van der Waals surface area contributed by atoms with Crippen LogP contribution in [0.15, 0.2) is 65.6 Å². The molecule has 0 spiro atoms. The molecule has 3 aromatic rings. The van der Waals surface area contributed by atoms with Gasteiger partial charge in [0, 0.05) is 16.3 Å². The van der Waals surface area contributed by atoms with Crippen LogP contribution in [-0.4, -0.2) is 50.3 Å². The fourth-order valence-electron chi connectivity index (χ4n) is 3.17. The van der Waals surface area contributed by atoms with Crippen molar-refractivity contribution in [2.24, 2.45) is 0 Å². The molecule has 190 valence electrons. The lowest BCUT2D eigenvalue weighted by atomic mass is 10.0. The monoisotopic (exact) mass is 542 g/mol. The summed E-state index contributed by atoms with van der Waals surface area (Å²) in [5, 5.41) is 32.3. The molecule has 0 aliphatic heterocycles. The number of rotatable bonds is 9. The first-order chi connectivity index (χ1) is 17.5. The van der Waals surface area contributed by atoms with Gasteiger partial charge in [-0.15, -0.1) is 11.8 Å². The molecule has 0 bridgehead atoms. The van der Waals surface area contributed by atoms with Crippen LogP contribution >= 0.6 is 23.4 Å². The molecule has 2 amide bonds. The zero-order valence-electron chi connectivity index (χ0n) is 19.0. The van der Waals surface area contributed by atoms with Crippen molar-refractivity contribution < 1.29 is 39.3 Å². The van der Waals surface area contributed by atoms with Crippen molar-refractivity contribution in [2.45, 2.75) is 17.1 Å². The zero-order valence-corrected chi connectivity index (χ0v) is 20.6.